The fourth-order valence-corrected chi connectivity index (χ4v) is 1.71. The van der Waals surface area contributed by atoms with Gasteiger partial charge in [-0.3, -0.25) is 4.79 Å². The van der Waals surface area contributed by atoms with E-state index in [1.165, 1.54) is 0 Å². The Morgan fingerprint density at radius 3 is 2.56 bits per heavy atom. The Hall–Kier alpha value is -1.22. The van der Waals surface area contributed by atoms with E-state index in [1.54, 1.807) is 4.90 Å². The first-order valence-electron chi connectivity index (χ1n) is 6.08. The van der Waals surface area contributed by atoms with Crippen molar-refractivity contribution in [1.82, 2.24) is 4.90 Å². The Kier molecular flexibility index (Phi) is 5.48. The summed E-state index contributed by atoms with van der Waals surface area (Å²) in [4.78, 5) is 15.9. The summed E-state index contributed by atoms with van der Waals surface area (Å²) < 4.78 is 0. The third-order valence-corrected chi connectivity index (χ3v) is 3.04. The van der Waals surface area contributed by atoms with Gasteiger partial charge in [0, 0.05) is 44.3 Å². The van der Waals surface area contributed by atoms with E-state index in [9.17, 15) is 4.79 Å². The molecule has 1 rings (SSSR count). The molecule has 18 heavy (non-hydrogen) atoms. The minimum absolute atomic E-state index is 0.0380. The summed E-state index contributed by atoms with van der Waals surface area (Å²) in [6.07, 6.45) is 0.803. The topological polar surface area (TPSA) is 23.6 Å². The van der Waals surface area contributed by atoms with Gasteiger partial charge in [-0.15, -0.1) is 11.6 Å². The minimum Gasteiger partial charge on any atom is -0.378 e. The molecule has 1 aromatic rings. The van der Waals surface area contributed by atoms with Gasteiger partial charge < -0.3 is 9.80 Å². The van der Waals surface area contributed by atoms with Crippen molar-refractivity contribution in [3.05, 3.63) is 29.8 Å². The molecular weight excluding hydrogens is 248 g/mol. The van der Waals surface area contributed by atoms with Crippen LogP contribution in [0.4, 0.5) is 5.69 Å². The van der Waals surface area contributed by atoms with Crippen molar-refractivity contribution in [3.8, 4) is 0 Å². The highest BCUT2D eigenvalue weighted by molar-refractivity contribution is 6.20. The van der Waals surface area contributed by atoms with Gasteiger partial charge >= 0.3 is 0 Å². The number of rotatable bonds is 5. The van der Waals surface area contributed by atoms with E-state index in [0.717, 1.165) is 12.1 Å². The lowest BCUT2D eigenvalue weighted by Gasteiger charge is -2.19. The highest BCUT2D eigenvalue weighted by Gasteiger charge is 2.12. The Morgan fingerprint density at radius 2 is 2.00 bits per heavy atom. The molecule has 0 aliphatic heterocycles. The van der Waals surface area contributed by atoms with Crippen LogP contribution in [0.5, 0.6) is 0 Å². The molecule has 3 nitrogen and oxygen atoms in total. The summed E-state index contributed by atoms with van der Waals surface area (Å²) in [7, 11) is 5.73. The molecule has 100 valence electrons. The number of amides is 1. The van der Waals surface area contributed by atoms with Crippen molar-refractivity contribution in [2.75, 3.05) is 32.6 Å². The van der Waals surface area contributed by atoms with Crippen molar-refractivity contribution in [1.29, 1.82) is 0 Å². The van der Waals surface area contributed by atoms with Crippen molar-refractivity contribution in [2.24, 2.45) is 0 Å². The first kappa shape index (κ1) is 14.8. The van der Waals surface area contributed by atoms with Gasteiger partial charge in [-0.25, -0.2) is 0 Å². The second-order valence-electron chi connectivity index (χ2n) is 4.74. The molecule has 0 aliphatic rings. The number of alkyl halides is 1. The molecule has 4 heteroatoms. The van der Waals surface area contributed by atoms with E-state index < -0.39 is 0 Å². The average Bonchev–Trinajstić information content (AvgIpc) is 2.35. The molecule has 0 spiro atoms. The van der Waals surface area contributed by atoms with Crippen molar-refractivity contribution < 1.29 is 4.79 Å². The van der Waals surface area contributed by atoms with Crippen LogP contribution >= 0.6 is 11.6 Å². The van der Waals surface area contributed by atoms with Crippen LogP contribution in [0.15, 0.2) is 24.3 Å². The lowest BCUT2D eigenvalue weighted by molar-refractivity contribution is 0.0793. The highest BCUT2D eigenvalue weighted by atomic mass is 35.5. The van der Waals surface area contributed by atoms with Crippen molar-refractivity contribution in [3.63, 3.8) is 0 Å². The van der Waals surface area contributed by atoms with E-state index in [2.05, 4.69) is 0 Å². The maximum atomic E-state index is 12.2. The van der Waals surface area contributed by atoms with Gasteiger partial charge in [0.05, 0.1) is 0 Å². The molecule has 0 fully saturated rings. The number of nitrogens with zero attached hydrogens (tertiary/aromatic N) is 2. The van der Waals surface area contributed by atoms with Crippen LogP contribution in [0.3, 0.4) is 0 Å². The lowest BCUT2D eigenvalue weighted by atomic mass is 10.1. The largest absolute Gasteiger partial charge is 0.378 e. The first-order valence-corrected chi connectivity index (χ1v) is 6.52. The number of carbonyl (C=O) groups is 1. The second kappa shape index (κ2) is 6.64. The van der Waals surface area contributed by atoms with Crippen molar-refractivity contribution >= 4 is 23.2 Å². The molecule has 1 amide bonds. The van der Waals surface area contributed by atoms with Crippen LogP contribution in [0, 0.1) is 0 Å². The summed E-state index contributed by atoms with van der Waals surface area (Å²) in [6.45, 7) is 2.61. The monoisotopic (exact) mass is 268 g/mol. The molecule has 0 aliphatic carbocycles. The van der Waals surface area contributed by atoms with Crippen LogP contribution in [-0.4, -0.2) is 43.9 Å². The van der Waals surface area contributed by atoms with Gasteiger partial charge in [-0.2, -0.15) is 0 Å². The molecule has 0 aromatic heterocycles. The van der Waals surface area contributed by atoms with Crippen molar-refractivity contribution in [2.45, 2.75) is 18.7 Å². The first-order chi connectivity index (χ1) is 8.41. The molecule has 0 bridgehead atoms. The second-order valence-corrected chi connectivity index (χ2v) is 5.49. The van der Waals surface area contributed by atoms with Gasteiger partial charge in [-0.05, 0) is 31.5 Å². The minimum atomic E-state index is 0.0380. The molecule has 0 saturated heterocycles. The number of hydrogen-bond acceptors (Lipinski definition) is 2. The van der Waals surface area contributed by atoms with Gasteiger partial charge in [0.1, 0.15) is 0 Å². The van der Waals surface area contributed by atoms with E-state index in [-0.39, 0.29) is 11.3 Å². The standard InChI is InChI=1S/C14H21ClN2O/c1-11(15)8-9-17(4)14(18)12-6-5-7-13(10-12)16(2)3/h5-7,10-11H,8-9H2,1-4H3. The summed E-state index contributed by atoms with van der Waals surface area (Å²) in [5.74, 6) is 0.0380. The zero-order valence-corrected chi connectivity index (χ0v) is 12.2. The highest BCUT2D eigenvalue weighted by Crippen LogP contribution is 2.15. The molecular formula is C14H21ClN2O. The van der Waals surface area contributed by atoms with Crippen LogP contribution in [0.1, 0.15) is 23.7 Å². The quantitative estimate of drug-likeness (QED) is 0.767. The van der Waals surface area contributed by atoms with Crippen LogP contribution < -0.4 is 4.90 Å². The fourth-order valence-electron chi connectivity index (χ4n) is 1.61. The third-order valence-electron chi connectivity index (χ3n) is 2.82. The number of halogens is 1. The van der Waals surface area contributed by atoms with E-state index in [4.69, 9.17) is 11.6 Å². The SMILES string of the molecule is CC(Cl)CCN(C)C(=O)c1cccc(N(C)C)c1. The van der Waals surface area contributed by atoms with Gasteiger partial charge in [-0.1, -0.05) is 6.07 Å². The van der Waals surface area contributed by atoms with E-state index in [1.807, 2.05) is 57.2 Å². The van der Waals surface area contributed by atoms with E-state index >= 15 is 0 Å². The third kappa shape index (κ3) is 4.22. The Labute approximate surface area is 114 Å². The van der Waals surface area contributed by atoms with Gasteiger partial charge in [0.15, 0.2) is 0 Å². The lowest BCUT2D eigenvalue weighted by Crippen LogP contribution is -2.29. The zero-order chi connectivity index (χ0) is 13.7. The maximum Gasteiger partial charge on any atom is 0.253 e. The smallest absolute Gasteiger partial charge is 0.253 e. The summed E-state index contributed by atoms with van der Waals surface area (Å²) in [6, 6.07) is 7.64. The van der Waals surface area contributed by atoms with Gasteiger partial charge in [0.2, 0.25) is 0 Å². The molecule has 1 aromatic carbocycles. The zero-order valence-electron chi connectivity index (χ0n) is 11.5. The Bertz CT molecular complexity index is 405. The van der Waals surface area contributed by atoms with Crippen LogP contribution in [-0.2, 0) is 0 Å². The summed E-state index contributed by atoms with van der Waals surface area (Å²) >= 11 is 5.89. The normalized spacial score (nSPS) is 12.1. The fraction of sp³-hybridized carbons (Fsp3) is 0.500. The summed E-state index contributed by atoms with van der Waals surface area (Å²) in [5, 5.41) is 0.0911. The van der Waals surface area contributed by atoms with Gasteiger partial charge in [0.25, 0.3) is 5.91 Å². The van der Waals surface area contributed by atoms with Crippen LogP contribution in [0.2, 0.25) is 0 Å². The molecule has 0 saturated carbocycles. The Balaban J connectivity index is 2.74. The van der Waals surface area contributed by atoms with E-state index in [0.29, 0.717) is 12.1 Å². The molecule has 0 heterocycles. The van der Waals surface area contributed by atoms with Crippen LogP contribution in [0.25, 0.3) is 0 Å². The number of anilines is 1. The maximum absolute atomic E-state index is 12.2. The summed E-state index contributed by atoms with van der Waals surface area (Å²) in [5.41, 5.74) is 1.74. The number of hydrogen-bond donors (Lipinski definition) is 0. The molecule has 0 N–H and O–H groups in total. The Morgan fingerprint density at radius 1 is 1.33 bits per heavy atom. The predicted octanol–water partition coefficient (Wildman–Crippen LogP) is 2.84. The molecule has 1 atom stereocenters. The molecule has 1 unspecified atom stereocenters. The number of benzene rings is 1. The predicted molar refractivity (Wildman–Crippen MR) is 77.7 cm³/mol. The average molecular weight is 269 g/mol. The molecule has 0 radical (unpaired) electrons. The number of carbonyl (C=O) groups excluding carboxylic acids is 1.